The quantitative estimate of drug-likeness (QED) is 0.382. The van der Waals surface area contributed by atoms with E-state index in [1.807, 2.05) is 51.5 Å². The Labute approximate surface area is 167 Å². The number of ether oxygens (including phenoxy) is 1. The van der Waals surface area contributed by atoms with Crippen molar-refractivity contribution >= 4 is 29.9 Å². The van der Waals surface area contributed by atoms with Crippen molar-refractivity contribution in [2.45, 2.75) is 33.4 Å². The van der Waals surface area contributed by atoms with Gasteiger partial charge in [0.25, 0.3) is 0 Å². The van der Waals surface area contributed by atoms with Crippen LogP contribution in [-0.2, 0) is 13.6 Å². The number of aliphatic imine (C=N–C) groups is 1. The smallest absolute Gasteiger partial charge is 0.191 e. The Hall–Kier alpha value is -1.77. The molecule has 1 heterocycles. The van der Waals surface area contributed by atoms with Crippen LogP contribution >= 0.6 is 24.0 Å². The van der Waals surface area contributed by atoms with Crippen molar-refractivity contribution in [3.8, 4) is 5.75 Å². The van der Waals surface area contributed by atoms with Gasteiger partial charge in [-0.15, -0.1) is 24.0 Å². The van der Waals surface area contributed by atoms with Crippen LogP contribution in [0.5, 0.6) is 5.75 Å². The number of rotatable bonds is 7. The van der Waals surface area contributed by atoms with Crippen molar-refractivity contribution in [2.75, 3.05) is 13.1 Å². The number of aromatic nitrogens is 2. The van der Waals surface area contributed by atoms with Gasteiger partial charge in [-0.3, -0.25) is 4.68 Å². The van der Waals surface area contributed by atoms with Gasteiger partial charge in [-0.25, -0.2) is 4.99 Å². The Bertz CT molecular complexity index is 671. The molecule has 0 saturated heterocycles. The minimum Gasteiger partial charge on any atom is -0.489 e. The highest BCUT2D eigenvalue weighted by Crippen LogP contribution is 2.13. The lowest BCUT2D eigenvalue weighted by atomic mass is 10.2. The van der Waals surface area contributed by atoms with E-state index in [0.29, 0.717) is 13.1 Å². The van der Waals surface area contributed by atoms with Crippen molar-refractivity contribution in [3.05, 3.63) is 47.8 Å². The normalized spacial score (nSPS) is 12.2. The van der Waals surface area contributed by atoms with E-state index in [4.69, 9.17) is 4.74 Å². The summed E-state index contributed by atoms with van der Waals surface area (Å²) in [7, 11) is 1.90. The first-order chi connectivity index (χ1) is 11.6. The molecule has 0 radical (unpaired) electrons. The minimum absolute atomic E-state index is 0. The molecule has 1 aromatic carbocycles. The number of halogens is 1. The lowest BCUT2D eigenvalue weighted by molar-refractivity contribution is 0.223. The molecule has 2 rings (SSSR count). The number of hydrogen-bond acceptors (Lipinski definition) is 3. The maximum atomic E-state index is 5.93. The molecule has 1 aromatic heterocycles. The summed E-state index contributed by atoms with van der Waals surface area (Å²) in [6.45, 7) is 8.23. The van der Waals surface area contributed by atoms with Gasteiger partial charge in [-0.1, -0.05) is 12.1 Å². The summed E-state index contributed by atoms with van der Waals surface area (Å²) < 4.78 is 7.71. The van der Waals surface area contributed by atoms with Crippen LogP contribution < -0.4 is 15.4 Å². The molecule has 0 fully saturated rings. The van der Waals surface area contributed by atoms with Gasteiger partial charge in [0.2, 0.25) is 0 Å². The van der Waals surface area contributed by atoms with Crippen LogP contribution in [0.25, 0.3) is 0 Å². The number of guanidine groups is 1. The topological polar surface area (TPSA) is 63.5 Å². The van der Waals surface area contributed by atoms with Gasteiger partial charge in [0.15, 0.2) is 5.96 Å². The molecule has 0 spiro atoms. The fraction of sp³-hybridized carbons (Fsp3) is 0.444. The molecule has 7 heteroatoms. The highest BCUT2D eigenvalue weighted by molar-refractivity contribution is 14.0. The average molecular weight is 457 g/mol. The van der Waals surface area contributed by atoms with Gasteiger partial charge in [0.1, 0.15) is 11.9 Å². The van der Waals surface area contributed by atoms with Crippen LogP contribution in [0.2, 0.25) is 0 Å². The predicted octanol–water partition coefficient (Wildman–Crippen LogP) is 2.87. The van der Waals surface area contributed by atoms with Crippen LogP contribution in [0.15, 0.2) is 41.7 Å². The summed E-state index contributed by atoms with van der Waals surface area (Å²) in [6.07, 6.45) is 3.83. The van der Waals surface area contributed by atoms with E-state index in [9.17, 15) is 0 Å². The van der Waals surface area contributed by atoms with Crippen molar-refractivity contribution in [2.24, 2.45) is 12.0 Å². The Morgan fingerprint density at radius 2 is 2.16 bits per heavy atom. The van der Waals surface area contributed by atoms with E-state index >= 15 is 0 Å². The van der Waals surface area contributed by atoms with Crippen LogP contribution in [0.3, 0.4) is 0 Å². The predicted molar refractivity (Wildman–Crippen MR) is 113 cm³/mol. The molecule has 0 aliphatic rings. The standard InChI is InChI=1S/C18H27N5O.HI/c1-5-19-18(21-11-16-12-22-23(4)13-16)20-10-15(3)24-17-8-6-7-14(2)9-17;/h6-9,12-13,15H,5,10-11H2,1-4H3,(H2,19,20,21);1H. The summed E-state index contributed by atoms with van der Waals surface area (Å²) >= 11 is 0. The zero-order valence-electron chi connectivity index (χ0n) is 15.3. The fourth-order valence-corrected chi connectivity index (χ4v) is 2.27. The van der Waals surface area contributed by atoms with Crippen LogP contribution in [0.1, 0.15) is 25.0 Å². The van der Waals surface area contributed by atoms with Gasteiger partial charge < -0.3 is 15.4 Å². The van der Waals surface area contributed by atoms with Gasteiger partial charge in [0.05, 0.1) is 19.3 Å². The van der Waals surface area contributed by atoms with Crippen LogP contribution in [-0.4, -0.2) is 34.9 Å². The van der Waals surface area contributed by atoms with Gasteiger partial charge >= 0.3 is 0 Å². The first kappa shape index (κ1) is 21.3. The molecule has 6 nitrogen and oxygen atoms in total. The Kier molecular flexibility index (Phi) is 9.33. The van der Waals surface area contributed by atoms with Crippen molar-refractivity contribution in [1.29, 1.82) is 0 Å². The molecular weight excluding hydrogens is 429 g/mol. The van der Waals surface area contributed by atoms with E-state index in [0.717, 1.165) is 23.8 Å². The molecule has 0 amide bonds. The lowest BCUT2D eigenvalue weighted by Gasteiger charge is -2.18. The molecule has 0 aliphatic carbocycles. The first-order valence-electron chi connectivity index (χ1n) is 8.30. The minimum atomic E-state index is 0. The zero-order chi connectivity index (χ0) is 17.4. The molecular formula is C18H28IN5O. The lowest BCUT2D eigenvalue weighted by Crippen LogP contribution is -2.41. The second-order valence-corrected chi connectivity index (χ2v) is 5.84. The second kappa shape index (κ2) is 11.0. The summed E-state index contributed by atoms with van der Waals surface area (Å²) in [5.74, 6) is 1.67. The van der Waals surface area contributed by atoms with E-state index < -0.39 is 0 Å². The van der Waals surface area contributed by atoms with Crippen LogP contribution in [0.4, 0.5) is 0 Å². The van der Waals surface area contributed by atoms with E-state index in [-0.39, 0.29) is 30.1 Å². The first-order valence-corrected chi connectivity index (χ1v) is 8.30. The molecule has 2 N–H and O–H groups in total. The second-order valence-electron chi connectivity index (χ2n) is 5.84. The molecule has 138 valence electrons. The SMILES string of the molecule is CCNC(=NCc1cnn(C)c1)NCC(C)Oc1cccc(C)c1.I. The van der Waals surface area contributed by atoms with Crippen molar-refractivity contribution in [3.63, 3.8) is 0 Å². The largest absolute Gasteiger partial charge is 0.489 e. The van der Waals surface area contributed by atoms with Crippen molar-refractivity contribution < 1.29 is 4.74 Å². The molecule has 0 aliphatic heterocycles. The summed E-state index contributed by atoms with van der Waals surface area (Å²) in [6, 6.07) is 8.08. The molecule has 25 heavy (non-hydrogen) atoms. The summed E-state index contributed by atoms with van der Waals surface area (Å²) in [5, 5.41) is 10.7. The number of hydrogen-bond donors (Lipinski definition) is 2. The average Bonchev–Trinajstić information content (AvgIpc) is 2.95. The molecule has 0 bridgehead atoms. The maximum absolute atomic E-state index is 5.93. The van der Waals surface area contributed by atoms with E-state index in [2.05, 4.69) is 33.7 Å². The third-order valence-electron chi connectivity index (χ3n) is 3.41. The number of nitrogens with zero attached hydrogens (tertiary/aromatic N) is 3. The highest BCUT2D eigenvalue weighted by atomic mass is 127. The van der Waals surface area contributed by atoms with Crippen LogP contribution in [0, 0.1) is 6.92 Å². The Balaban J connectivity index is 0.00000312. The molecule has 2 aromatic rings. The zero-order valence-corrected chi connectivity index (χ0v) is 17.7. The summed E-state index contributed by atoms with van der Waals surface area (Å²) in [4.78, 5) is 4.58. The van der Waals surface area contributed by atoms with Gasteiger partial charge in [-0.05, 0) is 38.5 Å². The molecule has 1 unspecified atom stereocenters. The van der Waals surface area contributed by atoms with E-state index in [1.165, 1.54) is 5.56 Å². The third-order valence-corrected chi connectivity index (χ3v) is 3.41. The van der Waals surface area contributed by atoms with Crippen molar-refractivity contribution in [1.82, 2.24) is 20.4 Å². The maximum Gasteiger partial charge on any atom is 0.191 e. The number of benzene rings is 1. The number of aryl methyl sites for hydroxylation is 2. The Morgan fingerprint density at radius 1 is 1.36 bits per heavy atom. The van der Waals surface area contributed by atoms with Gasteiger partial charge in [0, 0.05) is 25.4 Å². The number of nitrogens with one attached hydrogen (secondary N) is 2. The Morgan fingerprint density at radius 3 is 2.80 bits per heavy atom. The van der Waals surface area contributed by atoms with E-state index in [1.54, 1.807) is 4.68 Å². The monoisotopic (exact) mass is 457 g/mol. The summed E-state index contributed by atoms with van der Waals surface area (Å²) in [5.41, 5.74) is 2.28. The molecule has 0 saturated carbocycles. The highest BCUT2D eigenvalue weighted by Gasteiger charge is 2.06. The van der Waals surface area contributed by atoms with Gasteiger partial charge in [-0.2, -0.15) is 5.10 Å². The fourth-order valence-electron chi connectivity index (χ4n) is 2.27. The third kappa shape index (κ3) is 7.76. The molecule has 1 atom stereocenters.